The molecule has 4 aromatic rings. The van der Waals surface area contributed by atoms with Crippen molar-refractivity contribution in [3.8, 4) is 5.88 Å². The zero-order chi connectivity index (χ0) is 18.1. The average Bonchev–Trinajstić information content (AvgIpc) is 2.91. The molecular weight excluding hydrogens is 326 g/mol. The maximum absolute atomic E-state index is 12.3. The summed E-state index contributed by atoms with van der Waals surface area (Å²) in [5.41, 5.74) is 2.06. The number of aromatic hydroxyl groups is 1. The molecule has 1 aromatic heterocycles. The number of aromatic nitrogens is 1. The van der Waals surface area contributed by atoms with Crippen molar-refractivity contribution in [3.05, 3.63) is 72.3 Å². The number of carbonyl (C=O) groups is 1. The summed E-state index contributed by atoms with van der Waals surface area (Å²) < 4.78 is 1.62. The lowest BCUT2D eigenvalue weighted by atomic mass is 10.0. The highest BCUT2D eigenvalue weighted by Gasteiger charge is 2.14. The third-order valence-electron chi connectivity index (χ3n) is 4.53. The van der Waals surface area contributed by atoms with Crippen LogP contribution < -0.4 is 0 Å². The van der Waals surface area contributed by atoms with Crippen LogP contribution in [0.25, 0.3) is 21.7 Å². The molecule has 0 saturated heterocycles. The van der Waals surface area contributed by atoms with Crippen molar-refractivity contribution >= 4 is 33.3 Å². The van der Waals surface area contributed by atoms with E-state index < -0.39 is 0 Å². The Morgan fingerprint density at radius 3 is 2.50 bits per heavy atom. The number of rotatable bonds is 3. The minimum Gasteiger partial charge on any atom is -0.493 e. The molecule has 0 spiro atoms. The molecule has 0 atom stereocenters. The van der Waals surface area contributed by atoms with Gasteiger partial charge in [-0.15, -0.1) is 10.2 Å². The lowest BCUT2D eigenvalue weighted by Gasteiger charge is -2.03. The smallest absolute Gasteiger partial charge is 0.269 e. The van der Waals surface area contributed by atoms with Crippen LogP contribution in [0, 0.1) is 0 Å². The van der Waals surface area contributed by atoms with E-state index in [1.54, 1.807) is 11.6 Å². The Kier molecular flexibility index (Phi) is 3.97. The van der Waals surface area contributed by atoms with Gasteiger partial charge in [0.15, 0.2) is 5.69 Å². The zero-order valence-corrected chi connectivity index (χ0v) is 14.3. The first kappa shape index (κ1) is 16.0. The Hall–Kier alpha value is -3.47. The van der Waals surface area contributed by atoms with E-state index in [1.165, 1.54) is 0 Å². The number of amides is 1. The largest absolute Gasteiger partial charge is 0.493 e. The van der Waals surface area contributed by atoms with E-state index in [0.29, 0.717) is 5.69 Å². The van der Waals surface area contributed by atoms with Crippen LogP contribution in [0.2, 0.25) is 0 Å². The number of aryl methyl sites for hydroxylation is 1. The highest BCUT2D eigenvalue weighted by Crippen LogP contribution is 2.37. The number of azo groups is 1. The number of para-hydroxylation sites is 1. The van der Waals surface area contributed by atoms with Crippen molar-refractivity contribution in [2.24, 2.45) is 17.3 Å². The van der Waals surface area contributed by atoms with Crippen LogP contribution in [0.5, 0.6) is 5.88 Å². The summed E-state index contributed by atoms with van der Waals surface area (Å²) in [4.78, 5) is 12.3. The Labute approximate surface area is 150 Å². The van der Waals surface area contributed by atoms with Gasteiger partial charge in [-0.05, 0) is 22.4 Å². The first-order chi connectivity index (χ1) is 12.6. The first-order valence-corrected chi connectivity index (χ1v) is 8.33. The van der Waals surface area contributed by atoms with Crippen LogP contribution in [0.3, 0.4) is 0 Å². The molecule has 0 fully saturated rings. The molecule has 26 heavy (non-hydrogen) atoms. The van der Waals surface area contributed by atoms with Gasteiger partial charge in [0, 0.05) is 12.4 Å². The number of benzene rings is 3. The Balaban J connectivity index is 1.64. The van der Waals surface area contributed by atoms with Crippen LogP contribution in [-0.2, 0) is 18.3 Å². The molecule has 1 N–H and O–H groups in total. The number of hydrogen-bond acceptors (Lipinski definition) is 3. The molecule has 0 saturated carbocycles. The number of fused-ring (bicyclic) bond motifs is 2. The van der Waals surface area contributed by atoms with Crippen molar-refractivity contribution in [1.29, 1.82) is 0 Å². The number of hydrogen-bond donors (Lipinski definition) is 1. The molecule has 0 radical (unpaired) electrons. The van der Waals surface area contributed by atoms with Gasteiger partial charge < -0.3 is 9.67 Å². The quantitative estimate of drug-likeness (QED) is 0.538. The third-order valence-corrected chi connectivity index (χ3v) is 4.53. The topological polar surface area (TPSA) is 66.9 Å². The van der Waals surface area contributed by atoms with Gasteiger partial charge in [0.2, 0.25) is 5.88 Å². The molecule has 1 amide bonds. The van der Waals surface area contributed by atoms with Crippen molar-refractivity contribution < 1.29 is 9.90 Å². The van der Waals surface area contributed by atoms with Crippen LogP contribution in [0.4, 0.5) is 5.69 Å². The molecular formula is C21H17N3O2. The van der Waals surface area contributed by atoms with Gasteiger partial charge in [-0.2, -0.15) is 0 Å². The standard InChI is InChI=1S/C21H17N3O2/c1-24-18-12-5-4-11-17(18)20(21(24)26)23-22-19(25)13-15-9-6-8-14-7-2-3-10-16(14)15/h2-12,26H,13H2,1H3. The fourth-order valence-corrected chi connectivity index (χ4v) is 3.21. The monoisotopic (exact) mass is 343 g/mol. The molecule has 4 rings (SSSR count). The molecule has 3 aromatic carbocycles. The van der Waals surface area contributed by atoms with Gasteiger partial charge in [0.25, 0.3) is 5.91 Å². The van der Waals surface area contributed by atoms with Crippen molar-refractivity contribution in [3.63, 3.8) is 0 Å². The van der Waals surface area contributed by atoms with Gasteiger partial charge in [-0.25, -0.2) is 0 Å². The SMILES string of the molecule is Cn1c(O)c(N=NC(=O)Cc2cccc3ccccc23)c2ccccc21. The van der Waals surface area contributed by atoms with E-state index in [-0.39, 0.29) is 18.2 Å². The van der Waals surface area contributed by atoms with Gasteiger partial charge >= 0.3 is 0 Å². The molecule has 0 bridgehead atoms. The van der Waals surface area contributed by atoms with E-state index in [1.807, 2.05) is 66.7 Å². The molecule has 1 heterocycles. The minimum atomic E-state index is -0.353. The second-order valence-corrected chi connectivity index (χ2v) is 6.16. The van der Waals surface area contributed by atoms with E-state index in [2.05, 4.69) is 10.2 Å². The first-order valence-electron chi connectivity index (χ1n) is 8.33. The van der Waals surface area contributed by atoms with Crippen LogP contribution in [-0.4, -0.2) is 15.6 Å². The summed E-state index contributed by atoms with van der Waals surface area (Å²) in [6, 6.07) is 21.3. The molecule has 0 aliphatic heterocycles. The van der Waals surface area contributed by atoms with Crippen molar-refractivity contribution in [1.82, 2.24) is 4.57 Å². The maximum atomic E-state index is 12.3. The number of nitrogens with zero attached hydrogens (tertiary/aromatic N) is 3. The summed E-state index contributed by atoms with van der Waals surface area (Å²) in [7, 11) is 1.74. The van der Waals surface area contributed by atoms with E-state index in [9.17, 15) is 9.90 Å². The van der Waals surface area contributed by atoms with Crippen molar-refractivity contribution in [2.45, 2.75) is 6.42 Å². The summed E-state index contributed by atoms with van der Waals surface area (Å²) >= 11 is 0. The normalized spacial score (nSPS) is 11.6. The molecule has 0 unspecified atom stereocenters. The summed E-state index contributed by atoms with van der Waals surface area (Å²) in [5.74, 6) is -0.360. The fourth-order valence-electron chi connectivity index (χ4n) is 3.21. The highest BCUT2D eigenvalue weighted by molar-refractivity contribution is 5.95. The summed E-state index contributed by atoms with van der Waals surface area (Å²) in [6.45, 7) is 0. The molecule has 0 aliphatic rings. The predicted octanol–water partition coefficient (Wildman–Crippen LogP) is 4.89. The predicted molar refractivity (Wildman–Crippen MR) is 102 cm³/mol. The molecule has 128 valence electrons. The van der Waals surface area contributed by atoms with Crippen LogP contribution in [0.1, 0.15) is 5.56 Å². The van der Waals surface area contributed by atoms with Crippen LogP contribution >= 0.6 is 0 Å². The fraction of sp³-hybridized carbons (Fsp3) is 0.0952. The van der Waals surface area contributed by atoms with Gasteiger partial charge in [-0.1, -0.05) is 60.7 Å². The number of carbonyl (C=O) groups excluding carboxylic acids is 1. The minimum absolute atomic E-state index is 0.00656. The second-order valence-electron chi connectivity index (χ2n) is 6.16. The highest BCUT2D eigenvalue weighted by atomic mass is 16.3. The van der Waals surface area contributed by atoms with Gasteiger partial charge in [0.1, 0.15) is 0 Å². The Morgan fingerprint density at radius 2 is 1.65 bits per heavy atom. The third kappa shape index (κ3) is 2.73. The van der Waals surface area contributed by atoms with E-state index >= 15 is 0 Å². The van der Waals surface area contributed by atoms with Gasteiger partial charge in [-0.3, -0.25) is 4.79 Å². The average molecular weight is 343 g/mol. The zero-order valence-electron chi connectivity index (χ0n) is 14.3. The Bertz CT molecular complexity index is 1150. The van der Waals surface area contributed by atoms with E-state index in [4.69, 9.17) is 0 Å². The Morgan fingerprint density at radius 1 is 0.962 bits per heavy atom. The summed E-state index contributed by atoms with van der Waals surface area (Å²) in [5, 5.41) is 21.0. The molecule has 5 heteroatoms. The second kappa shape index (κ2) is 6.44. The van der Waals surface area contributed by atoms with Crippen molar-refractivity contribution in [2.75, 3.05) is 0 Å². The maximum Gasteiger partial charge on any atom is 0.269 e. The summed E-state index contributed by atoms with van der Waals surface area (Å²) in [6.07, 6.45) is 0.163. The van der Waals surface area contributed by atoms with E-state index in [0.717, 1.165) is 27.2 Å². The van der Waals surface area contributed by atoms with Gasteiger partial charge in [0.05, 0.1) is 11.9 Å². The molecule has 0 aliphatic carbocycles. The lowest BCUT2D eigenvalue weighted by molar-refractivity contribution is -0.117. The van der Waals surface area contributed by atoms with Crippen LogP contribution in [0.15, 0.2) is 77.0 Å². The molecule has 5 nitrogen and oxygen atoms in total. The lowest BCUT2D eigenvalue weighted by Crippen LogP contribution is -1.98.